The predicted molar refractivity (Wildman–Crippen MR) is 133 cm³/mol. The molecule has 3 aromatic rings. The van der Waals surface area contributed by atoms with E-state index in [4.69, 9.17) is 9.47 Å². The maximum absolute atomic E-state index is 11.6. The molecule has 0 aliphatic carbocycles. The van der Waals surface area contributed by atoms with Crippen molar-refractivity contribution in [3.63, 3.8) is 0 Å². The lowest BCUT2D eigenvalue weighted by Gasteiger charge is -2.34. The highest BCUT2D eigenvalue weighted by Crippen LogP contribution is 2.29. The largest absolute Gasteiger partial charge is 0.481 e. The van der Waals surface area contributed by atoms with Crippen molar-refractivity contribution in [1.29, 1.82) is 0 Å². The van der Waals surface area contributed by atoms with Crippen LogP contribution >= 0.6 is 11.8 Å². The summed E-state index contributed by atoms with van der Waals surface area (Å²) in [6, 6.07) is 9.39. The molecular formula is C24H28N6O4S. The third-order valence-corrected chi connectivity index (χ3v) is 7.07. The number of anilines is 1. The van der Waals surface area contributed by atoms with Crippen LogP contribution in [0.3, 0.4) is 0 Å². The molecule has 3 N–H and O–H groups in total. The van der Waals surface area contributed by atoms with E-state index >= 15 is 0 Å². The average Bonchev–Trinajstić information content (AvgIpc) is 2.88. The number of fused-ring (bicyclic) bond motifs is 2. The molecule has 0 radical (unpaired) electrons. The second-order valence-corrected chi connectivity index (χ2v) is 9.52. The fraction of sp³-hybridized carbons (Fsp3) is 0.417. The lowest BCUT2D eigenvalue weighted by molar-refractivity contribution is -0.113. The molecule has 0 saturated carbocycles. The van der Waals surface area contributed by atoms with E-state index in [1.54, 1.807) is 19.4 Å². The SMILES string of the molecule is COc1ccc2nccc(C(O)CN3CCOC(CNCc4ccc5c(n4)NC(=O)CS5)C3)c2n1. The van der Waals surface area contributed by atoms with Gasteiger partial charge >= 0.3 is 0 Å². The van der Waals surface area contributed by atoms with Crippen molar-refractivity contribution in [1.82, 2.24) is 25.2 Å². The second kappa shape index (κ2) is 10.8. The zero-order valence-electron chi connectivity index (χ0n) is 19.4. The number of aliphatic hydroxyl groups excluding tert-OH is 1. The number of rotatable bonds is 8. The first-order valence-electron chi connectivity index (χ1n) is 11.5. The summed E-state index contributed by atoms with van der Waals surface area (Å²) < 4.78 is 11.2. The Balaban J connectivity index is 1.15. The van der Waals surface area contributed by atoms with E-state index in [-0.39, 0.29) is 12.0 Å². The van der Waals surface area contributed by atoms with Crippen LogP contribution in [-0.4, -0.2) is 82.6 Å². The number of hydrogen-bond acceptors (Lipinski definition) is 10. The highest BCUT2D eigenvalue weighted by atomic mass is 32.2. The van der Waals surface area contributed by atoms with Crippen molar-refractivity contribution in [2.24, 2.45) is 0 Å². The van der Waals surface area contributed by atoms with Crippen LogP contribution in [0.15, 0.2) is 41.4 Å². The number of nitrogens with one attached hydrogen (secondary N) is 2. The van der Waals surface area contributed by atoms with Crippen LogP contribution in [0.4, 0.5) is 5.82 Å². The van der Waals surface area contributed by atoms with Gasteiger partial charge in [0.1, 0.15) is 5.82 Å². The van der Waals surface area contributed by atoms with E-state index in [0.717, 1.165) is 28.2 Å². The number of hydrogen-bond donors (Lipinski definition) is 3. The number of pyridine rings is 3. The van der Waals surface area contributed by atoms with Gasteiger partial charge in [-0.2, -0.15) is 0 Å². The number of carbonyl (C=O) groups excluding carboxylic acids is 1. The van der Waals surface area contributed by atoms with Crippen molar-refractivity contribution >= 4 is 34.5 Å². The molecule has 1 saturated heterocycles. The van der Waals surface area contributed by atoms with Gasteiger partial charge in [-0.3, -0.25) is 14.7 Å². The number of aromatic nitrogens is 3. The van der Waals surface area contributed by atoms with Gasteiger partial charge in [0.25, 0.3) is 0 Å². The van der Waals surface area contributed by atoms with Crippen LogP contribution in [0, 0.1) is 0 Å². The number of carbonyl (C=O) groups is 1. The fourth-order valence-corrected chi connectivity index (χ4v) is 5.04. The summed E-state index contributed by atoms with van der Waals surface area (Å²) in [5.74, 6) is 1.53. The highest BCUT2D eigenvalue weighted by molar-refractivity contribution is 8.00. The second-order valence-electron chi connectivity index (χ2n) is 8.51. The number of thioether (sulfide) groups is 1. The molecule has 1 fully saturated rings. The van der Waals surface area contributed by atoms with Crippen LogP contribution in [0.2, 0.25) is 0 Å². The van der Waals surface area contributed by atoms with Gasteiger partial charge < -0.3 is 25.2 Å². The maximum atomic E-state index is 11.6. The van der Waals surface area contributed by atoms with Crippen LogP contribution < -0.4 is 15.4 Å². The molecular weight excluding hydrogens is 468 g/mol. The first-order valence-corrected chi connectivity index (χ1v) is 12.5. The smallest absolute Gasteiger partial charge is 0.235 e. The highest BCUT2D eigenvalue weighted by Gasteiger charge is 2.24. The van der Waals surface area contributed by atoms with Gasteiger partial charge in [-0.25, -0.2) is 9.97 Å². The van der Waals surface area contributed by atoms with Crippen molar-refractivity contribution < 1.29 is 19.4 Å². The minimum atomic E-state index is -0.709. The number of nitrogens with zero attached hydrogens (tertiary/aromatic N) is 4. The summed E-state index contributed by atoms with van der Waals surface area (Å²) in [5.41, 5.74) is 2.97. The summed E-state index contributed by atoms with van der Waals surface area (Å²) in [7, 11) is 1.57. The quantitative estimate of drug-likeness (QED) is 0.424. The molecule has 10 nitrogen and oxygen atoms in total. The first kappa shape index (κ1) is 23.9. The van der Waals surface area contributed by atoms with E-state index in [9.17, 15) is 9.90 Å². The van der Waals surface area contributed by atoms with Crippen LogP contribution in [0.25, 0.3) is 11.0 Å². The van der Waals surface area contributed by atoms with Crippen molar-refractivity contribution in [3.8, 4) is 5.88 Å². The normalized spacial score (nSPS) is 19.3. The third kappa shape index (κ3) is 5.71. The number of amides is 1. The van der Waals surface area contributed by atoms with E-state index in [2.05, 4.69) is 30.5 Å². The van der Waals surface area contributed by atoms with E-state index < -0.39 is 6.10 Å². The molecule has 2 aliphatic rings. The number of ether oxygens (including phenoxy) is 2. The minimum Gasteiger partial charge on any atom is -0.481 e. The van der Waals surface area contributed by atoms with Crippen molar-refractivity contribution in [2.75, 3.05) is 51.0 Å². The fourth-order valence-electron chi connectivity index (χ4n) is 4.29. The van der Waals surface area contributed by atoms with Crippen LogP contribution in [-0.2, 0) is 16.1 Å². The molecule has 11 heteroatoms. The maximum Gasteiger partial charge on any atom is 0.235 e. The zero-order chi connectivity index (χ0) is 24.2. The summed E-state index contributed by atoms with van der Waals surface area (Å²) in [6.45, 7) is 3.76. The molecule has 2 atom stereocenters. The van der Waals surface area contributed by atoms with Gasteiger partial charge in [0.15, 0.2) is 0 Å². The Bertz CT molecular complexity index is 1210. The molecule has 0 spiro atoms. The van der Waals surface area contributed by atoms with Gasteiger partial charge in [0.2, 0.25) is 11.8 Å². The number of β-amino-alcohol motifs (C(OH)–C–C–N with tert-alkyl or cyclic N) is 1. The molecule has 5 heterocycles. The van der Waals surface area contributed by atoms with E-state index in [1.165, 1.54) is 11.8 Å². The standard InChI is InChI=1S/C24H28N6O4S/c1-33-22-5-3-18-23(29-22)17(6-7-26-18)19(31)13-30-8-9-34-16(12-30)11-25-10-15-2-4-20-24(27-15)28-21(32)14-35-20/h2-7,16,19,25,31H,8-14H2,1H3,(H,27,28,32). The molecule has 35 heavy (non-hydrogen) atoms. The Morgan fingerprint density at radius 1 is 1.31 bits per heavy atom. The average molecular weight is 497 g/mol. The van der Waals surface area contributed by atoms with Crippen LogP contribution in [0.1, 0.15) is 17.4 Å². The number of aliphatic hydroxyl groups is 1. The summed E-state index contributed by atoms with van der Waals surface area (Å²) in [5, 5.41) is 17.2. The molecule has 184 valence electrons. The Morgan fingerprint density at radius 3 is 3.11 bits per heavy atom. The van der Waals surface area contributed by atoms with E-state index in [0.29, 0.717) is 55.8 Å². The minimum absolute atomic E-state index is 0.00348. The van der Waals surface area contributed by atoms with Crippen LogP contribution in [0.5, 0.6) is 5.88 Å². The van der Waals surface area contributed by atoms with Gasteiger partial charge in [0, 0.05) is 50.6 Å². The van der Waals surface area contributed by atoms with Crippen molar-refractivity contribution in [3.05, 3.63) is 47.8 Å². The molecule has 2 unspecified atom stereocenters. The number of methoxy groups -OCH3 is 1. The Hall–Kier alpha value is -2.83. The number of morpholine rings is 1. The Labute approximate surface area is 207 Å². The molecule has 3 aromatic heterocycles. The summed E-state index contributed by atoms with van der Waals surface area (Å²) in [6.07, 6.45) is 0.982. The zero-order valence-corrected chi connectivity index (χ0v) is 20.3. The van der Waals surface area contributed by atoms with Gasteiger partial charge in [-0.05, 0) is 24.3 Å². The van der Waals surface area contributed by atoms with Gasteiger partial charge in [0.05, 0.1) is 53.3 Å². The molecule has 0 bridgehead atoms. The molecule has 1 amide bonds. The first-order chi connectivity index (χ1) is 17.1. The molecule has 0 aromatic carbocycles. The van der Waals surface area contributed by atoms with E-state index in [1.807, 2.05) is 24.3 Å². The summed E-state index contributed by atoms with van der Waals surface area (Å²) in [4.78, 5) is 28.2. The predicted octanol–water partition coefficient (Wildman–Crippen LogP) is 1.60. The van der Waals surface area contributed by atoms with Crippen molar-refractivity contribution in [2.45, 2.75) is 23.6 Å². The molecule has 5 rings (SSSR count). The lowest BCUT2D eigenvalue weighted by atomic mass is 10.1. The third-order valence-electron chi connectivity index (χ3n) is 6.02. The topological polar surface area (TPSA) is 122 Å². The monoisotopic (exact) mass is 496 g/mol. The van der Waals surface area contributed by atoms with Gasteiger partial charge in [-0.15, -0.1) is 11.8 Å². The lowest BCUT2D eigenvalue weighted by Crippen LogP contribution is -2.47. The Kier molecular flexibility index (Phi) is 7.40. The molecule has 2 aliphatic heterocycles. The summed E-state index contributed by atoms with van der Waals surface area (Å²) >= 11 is 1.50. The Morgan fingerprint density at radius 2 is 2.23 bits per heavy atom. The van der Waals surface area contributed by atoms with Gasteiger partial charge in [-0.1, -0.05) is 0 Å².